The van der Waals surface area contributed by atoms with Gasteiger partial charge in [-0.05, 0) is 155 Å². The molecular weight excluding hydrogens is 835 g/mol. The number of nitrogens with one attached hydrogen (secondary N) is 1. The number of carbonyl (C=O) groups excluding carboxylic acids is 3. The highest BCUT2D eigenvalue weighted by Crippen LogP contribution is 2.54. The van der Waals surface area contributed by atoms with Crippen LogP contribution in [-0.4, -0.2) is 114 Å². The molecule has 4 aliphatic rings. The van der Waals surface area contributed by atoms with Crippen LogP contribution in [0.15, 0.2) is 72.8 Å². The third kappa shape index (κ3) is 11.7. The summed E-state index contributed by atoms with van der Waals surface area (Å²) in [6.45, 7) is 13.5. The van der Waals surface area contributed by atoms with E-state index in [9.17, 15) is 14.4 Å². The average Bonchev–Trinajstić information content (AvgIpc) is 3.86. The van der Waals surface area contributed by atoms with Crippen LogP contribution < -0.4 is 15.5 Å². The van der Waals surface area contributed by atoms with E-state index in [4.69, 9.17) is 33.0 Å². The third-order valence-electron chi connectivity index (χ3n) is 14.4. The summed E-state index contributed by atoms with van der Waals surface area (Å²) in [5.74, 6) is 0.667. The molecule has 0 unspecified atom stereocenters. The lowest BCUT2D eigenvalue weighted by atomic mass is 9.69. The Morgan fingerprint density at radius 2 is 1.26 bits per heavy atom. The summed E-state index contributed by atoms with van der Waals surface area (Å²) >= 11 is 0. The maximum absolute atomic E-state index is 12.9. The summed E-state index contributed by atoms with van der Waals surface area (Å²) in [6.07, 6.45) is 11.1. The third-order valence-corrected chi connectivity index (χ3v) is 14.4. The van der Waals surface area contributed by atoms with Crippen LogP contribution in [0.2, 0.25) is 0 Å². The zero-order valence-electron chi connectivity index (χ0n) is 40.1. The highest BCUT2D eigenvalue weighted by atomic mass is 16.7. The van der Waals surface area contributed by atoms with E-state index in [1.165, 1.54) is 39.3 Å². The van der Waals surface area contributed by atoms with Crippen molar-refractivity contribution < 1.29 is 47.4 Å². The quantitative estimate of drug-likeness (QED) is 0.0511. The second-order valence-corrected chi connectivity index (χ2v) is 19.4. The lowest BCUT2D eigenvalue weighted by Gasteiger charge is -2.33. The second-order valence-electron chi connectivity index (χ2n) is 19.4. The number of unbranched alkanes of at least 4 members (excludes halogenated alkanes) is 1. The van der Waals surface area contributed by atoms with Gasteiger partial charge in [-0.25, -0.2) is 0 Å². The minimum absolute atomic E-state index is 0.0199. The van der Waals surface area contributed by atoms with E-state index in [-0.39, 0.29) is 35.0 Å². The van der Waals surface area contributed by atoms with E-state index >= 15 is 0 Å². The van der Waals surface area contributed by atoms with E-state index in [1.807, 2.05) is 12.1 Å². The van der Waals surface area contributed by atoms with Gasteiger partial charge in [0.1, 0.15) is 5.75 Å². The number of methoxy groups -OCH3 is 2. The first-order valence-electron chi connectivity index (χ1n) is 24.2. The SMILES string of the molecule is COCCOCCCC1(CCCOCCOC)c2cc(B3OC(C)(C)C(C)(C)O3)ccc2-c2ccc(-c3ccc(OCCCCNC(=O)C4CCC(CN5C(=O)C=CC5=O)CC4)cc3)cc21. The van der Waals surface area contributed by atoms with Crippen molar-refractivity contribution in [2.24, 2.45) is 11.8 Å². The van der Waals surface area contributed by atoms with Crippen molar-refractivity contribution in [2.75, 3.05) is 73.6 Å². The number of rotatable bonds is 25. The molecule has 2 aliphatic heterocycles. The Bertz CT molecular complexity index is 2100. The summed E-state index contributed by atoms with van der Waals surface area (Å²) < 4.78 is 41.9. The molecule has 0 aromatic heterocycles. The molecule has 1 saturated carbocycles. The lowest BCUT2D eigenvalue weighted by molar-refractivity contribution is -0.138. The largest absolute Gasteiger partial charge is 0.494 e. The summed E-state index contributed by atoms with van der Waals surface area (Å²) in [6, 6.07) is 22.0. The van der Waals surface area contributed by atoms with Crippen LogP contribution in [0.25, 0.3) is 22.3 Å². The maximum Gasteiger partial charge on any atom is 0.494 e. The number of fused-ring (bicyclic) bond motifs is 3. The predicted octanol–water partition coefficient (Wildman–Crippen LogP) is 7.81. The average molecular weight is 907 g/mol. The number of ether oxygens (including phenoxy) is 5. The fraction of sp³-hybridized carbons (Fsp3) is 0.566. The first-order chi connectivity index (χ1) is 31.9. The Labute approximate surface area is 392 Å². The molecule has 0 atom stereocenters. The monoisotopic (exact) mass is 907 g/mol. The van der Waals surface area contributed by atoms with Crippen molar-refractivity contribution in [3.8, 4) is 28.0 Å². The van der Waals surface area contributed by atoms with Gasteiger partial charge in [0, 0.05) is 64.0 Å². The van der Waals surface area contributed by atoms with Crippen LogP contribution in [0.1, 0.15) is 103 Å². The second kappa shape index (κ2) is 22.6. The minimum atomic E-state index is -0.469. The fourth-order valence-electron chi connectivity index (χ4n) is 9.92. The molecule has 1 saturated heterocycles. The Balaban J connectivity index is 0.986. The maximum atomic E-state index is 12.9. The molecule has 0 bridgehead atoms. The molecule has 3 aromatic carbocycles. The molecule has 7 rings (SSSR count). The van der Waals surface area contributed by atoms with Gasteiger partial charge in [-0.1, -0.05) is 42.5 Å². The first-order valence-corrected chi connectivity index (χ1v) is 24.2. The molecule has 66 heavy (non-hydrogen) atoms. The number of hydrogen-bond donors (Lipinski definition) is 1. The van der Waals surface area contributed by atoms with E-state index in [2.05, 4.69) is 81.5 Å². The molecule has 356 valence electrons. The molecule has 2 aliphatic carbocycles. The number of nitrogens with zero attached hydrogens (tertiary/aromatic N) is 1. The summed E-state index contributed by atoms with van der Waals surface area (Å²) in [7, 11) is 2.93. The molecule has 2 fully saturated rings. The minimum Gasteiger partial charge on any atom is -0.494 e. The molecule has 13 heteroatoms. The Kier molecular flexibility index (Phi) is 17.0. The Hall–Kier alpha value is -4.37. The van der Waals surface area contributed by atoms with Gasteiger partial charge in [-0.3, -0.25) is 19.3 Å². The van der Waals surface area contributed by atoms with Crippen molar-refractivity contribution in [3.63, 3.8) is 0 Å². The molecule has 3 amide bonds. The van der Waals surface area contributed by atoms with E-state index in [0.717, 1.165) is 86.5 Å². The normalized spacial score (nSPS) is 20.2. The molecule has 1 N–H and O–H groups in total. The van der Waals surface area contributed by atoms with Crippen molar-refractivity contribution in [1.82, 2.24) is 10.2 Å². The van der Waals surface area contributed by atoms with Crippen LogP contribution in [-0.2, 0) is 48.1 Å². The van der Waals surface area contributed by atoms with Crippen LogP contribution in [0.4, 0.5) is 0 Å². The van der Waals surface area contributed by atoms with Gasteiger partial charge >= 0.3 is 7.12 Å². The van der Waals surface area contributed by atoms with Crippen LogP contribution in [0.5, 0.6) is 5.75 Å². The van der Waals surface area contributed by atoms with Crippen molar-refractivity contribution >= 4 is 30.3 Å². The summed E-state index contributed by atoms with van der Waals surface area (Å²) in [5, 5.41) is 3.12. The topological polar surface area (TPSA) is 131 Å². The van der Waals surface area contributed by atoms with Crippen molar-refractivity contribution in [1.29, 1.82) is 0 Å². The number of imide groups is 1. The summed E-state index contributed by atoms with van der Waals surface area (Å²) in [5.41, 5.74) is 7.21. The fourth-order valence-corrected chi connectivity index (χ4v) is 9.92. The number of carbonyl (C=O) groups is 3. The Morgan fingerprint density at radius 1 is 0.682 bits per heavy atom. The van der Waals surface area contributed by atoms with E-state index < -0.39 is 18.3 Å². The van der Waals surface area contributed by atoms with Crippen LogP contribution >= 0.6 is 0 Å². The van der Waals surface area contributed by atoms with Crippen LogP contribution in [0.3, 0.4) is 0 Å². The van der Waals surface area contributed by atoms with Gasteiger partial charge in [0.15, 0.2) is 0 Å². The lowest BCUT2D eigenvalue weighted by Crippen LogP contribution is -2.41. The Morgan fingerprint density at radius 3 is 1.86 bits per heavy atom. The van der Waals surface area contributed by atoms with Gasteiger partial charge in [0.2, 0.25) is 5.91 Å². The molecule has 3 aromatic rings. The van der Waals surface area contributed by atoms with E-state index in [0.29, 0.717) is 59.3 Å². The predicted molar refractivity (Wildman–Crippen MR) is 257 cm³/mol. The molecular formula is C53H71BN2O10. The van der Waals surface area contributed by atoms with Gasteiger partial charge in [0.05, 0.1) is 44.2 Å². The molecule has 0 spiro atoms. The number of benzene rings is 3. The van der Waals surface area contributed by atoms with Gasteiger partial charge in [0.25, 0.3) is 11.8 Å². The molecule has 12 nitrogen and oxygen atoms in total. The van der Waals surface area contributed by atoms with Gasteiger partial charge in [-0.15, -0.1) is 0 Å². The number of amides is 3. The standard InChI is InChI=1S/C53H71BN2O10/c1-51(2)52(3,4)66-54(65-51)42-18-22-45-44-21-17-41(35-46(44)53(47(45)36-42,25-9-28-62-33-31-60-5)26-10-29-63-34-32-61-6)39-15-19-43(20-16-39)64-30-8-7-27-55-50(59)40-13-11-38(12-14-40)37-56-48(57)23-24-49(56)58/h15-24,35-36,38,40H,7-14,25-34,37H2,1-6H3,(H,55,59). The van der Waals surface area contributed by atoms with Crippen molar-refractivity contribution in [3.05, 3.63) is 83.9 Å². The molecule has 2 heterocycles. The zero-order valence-corrected chi connectivity index (χ0v) is 40.1. The highest BCUT2D eigenvalue weighted by Gasteiger charge is 2.52. The van der Waals surface area contributed by atoms with Gasteiger partial charge in [-0.2, -0.15) is 0 Å². The first kappa shape index (κ1) is 49.5. The number of hydrogen-bond acceptors (Lipinski definition) is 10. The molecule has 0 radical (unpaired) electrons. The van der Waals surface area contributed by atoms with Crippen molar-refractivity contribution in [2.45, 2.75) is 109 Å². The van der Waals surface area contributed by atoms with Gasteiger partial charge < -0.3 is 38.3 Å². The zero-order chi connectivity index (χ0) is 46.7. The van der Waals surface area contributed by atoms with E-state index in [1.54, 1.807) is 14.2 Å². The smallest absolute Gasteiger partial charge is 0.494 e. The highest BCUT2D eigenvalue weighted by molar-refractivity contribution is 6.62. The van der Waals surface area contributed by atoms with Crippen LogP contribution in [0, 0.1) is 11.8 Å². The summed E-state index contributed by atoms with van der Waals surface area (Å²) in [4.78, 5) is 38.1.